The van der Waals surface area contributed by atoms with Crippen LogP contribution < -0.4 is 10.1 Å². The molecule has 0 bridgehead atoms. The largest absolute Gasteiger partial charge is 0.495 e. The van der Waals surface area contributed by atoms with Gasteiger partial charge < -0.3 is 15.0 Å². The molecule has 0 aliphatic carbocycles. The first-order chi connectivity index (χ1) is 9.49. The number of hydrogen-bond donors (Lipinski definition) is 1. The molecule has 1 aromatic carbocycles. The Morgan fingerprint density at radius 3 is 2.70 bits per heavy atom. The standard InChI is InChI=1S/C14H19ClN2O3/c1-4-5-8-17(2)14(19)13(18)16-11-9-10(15)6-7-12(11)20-3/h6-7,9H,4-5,8H2,1-3H3,(H,16,18). The minimum Gasteiger partial charge on any atom is -0.495 e. The van der Waals surface area contributed by atoms with E-state index < -0.39 is 11.8 Å². The Balaban J connectivity index is 2.75. The van der Waals surface area contributed by atoms with Gasteiger partial charge in [0.1, 0.15) is 5.75 Å². The topological polar surface area (TPSA) is 58.6 Å². The average molecular weight is 299 g/mol. The lowest BCUT2D eigenvalue weighted by Crippen LogP contribution is -2.37. The number of nitrogens with zero attached hydrogens (tertiary/aromatic N) is 1. The predicted octanol–water partition coefficient (Wildman–Crippen LogP) is 2.55. The van der Waals surface area contributed by atoms with Gasteiger partial charge >= 0.3 is 11.8 Å². The van der Waals surface area contributed by atoms with Crippen LogP contribution >= 0.6 is 11.6 Å². The van der Waals surface area contributed by atoms with Gasteiger partial charge in [-0.1, -0.05) is 24.9 Å². The first kappa shape index (κ1) is 16.3. The number of benzene rings is 1. The second kappa shape index (κ2) is 7.75. The van der Waals surface area contributed by atoms with Crippen molar-refractivity contribution in [1.82, 2.24) is 4.90 Å². The number of halogens is 1. The van der Waals surface area contributed by atoms with Crippen LogP contribution in [0.2, 0.25) is 5.02 Å². The lowest BCUT2D eigenvalue weighted by Gasteiger charge is -2.16. The number of carbonyl (C=O) groups is 2. The highest BCUT2D eigenvalue weighted by molar-refractivity contribution is 6.39. The summed E-state index contributed by atoms with van der Waals surface area (Å²) in [5, 5.41) is 2.97. The number of hydrogen-bond acceptors (Lipinski definition) is 3. The Hall–Kier alpha value is -1.75. The van der Waals surface area contributed by atoms with E-state index in [4.69, 9.17) is 16.3 Å². The fourth-order valence-electron chi connectivity index (χ4n) is 1.62. The fraction of sp³-hybridized carbons (Fsp3) is 0.429. The molecule has 2 amide bonds. The van der Waals surface area contributed by atoms with Gasteiger partial charge in [-0.05, 0) is 24.6 Å². The van der Waals surface area contributed by atoms with Gasteiger partial charge in [0.2, 0.25) is 0 Å². The highest BCUT2D eigenvalue weighted by atomic mass is 35.5. The molecule has 0 aliphatic rings. The van der Waals surface area contributed by atoms with Crippen LogP contribution in [0.3, 0.4) is 0 Å². The number of amides is 2. The molecule has 0 spiro atoms. The van der Waals surface area contributed by atoms with E-state index >= 15 is 0 Å². The third-order valence-corrected chi connectivity index (χ3v) is 3.03. The van der Waals surface area contributed by atoms with E-state index in [1.54, 1.807) is 19.2 Å². The van der Waals surface area contributed by atoms with Crippen molar-refractivity contribution in [1.29, 1.82) is 0 Å². The lowest BCUT2D eigenvalue weighted by molar-refractivity contribution is -0.142. The summed E-state index contributed by atoms with van der Waals surface area (Å²) in [6, 6.07) is 4.81. The fourth-order valence-corrected chi connectivity index (χ4v) is 1.80. The van der Waals surface area contributed by atoms with Gasteiger partial charge in [0.25, 0.3) is 0 Å². The van der Waals surface area contributed by atoms with Crippen molar-refractivity contribution in [3.8, 4) is 5.75 Å². The van der Waals surface area contributed by atoms with Crippen molar-refractivity contribution in [3.05, 3.63) is 23.2 Å². The van der Waals surface area contributed by atoms with E-state index in [9.17, 15) is 9.59 Å². The van der Waals surface area contributed by atoms with Crippen LogP contribution in [0.4, 0.5) is 5.69 Å². The highest BCUT2D eigenvalue weighted by Crippen LogP contribution is 2.27. The van der Waals surface area contributed by atoms with Crippen LogP contribution in [0, 0.1) is 0 Å². The summed E-state index contributed by atoms with van der Waals surface area (Å²) in [5.74, 6) is -0.837. The summed E-state index contributed by atoms with van der Waals surface area (Å²) in [6.45, 7) is 2.57. The molecule has 1 aromatic rings. The van der Waals surface area contributed by atoms with Gasteiger partial charge in [-0.2, -0.15) is 0 Å². The number of unbranched alkanes of at least 4 members (excludes halogenated alkanes) is 1. The SMILES string of the molecule is CCCCN(C)C(=O)C(=O)Nc1cc(Cl)ccc1OC. The van der Waals surface area contributed by atoms with Crippen LogP contribution in [-0.2, 0) is 9.59 Å². The number of methoxy groups -OCH3 is 1. The van der Waals surface area contributed by atoms with Gasteiger partial charge in [0.05, 0.1) is 12.8 Å². The van der Waals surface area contributed by atoms with Crippen LogP contribution in [0.15, 0.2) is 18.2 Å². The number of rotatable bonds is 5. The molecule has 0 saturated carbocycles. The van der Waals surface area contributed by atoms with Crippen molar-refractivity contribution in [3.63, 3.8) is 0 Å². The molecule has 0 saturated heterocycles. The molecule has 0 radical (unpaired) electrons. The summed E-state index contributed by atoms with van der Waals surface area (Å²) in [5.41, 5.74) is 0.377. The van der Waals surface area contributed by atoms with E-state index in [1.165, 1.54) is 18.1 Å². The van der Waals surface area contributed by atoms with Crippen LogP contribution in [0.5, 0.6) is 5.75 Å². The molecule has 0 atom stereocenters. The first-order valence-electron chi connectivity index (χ1n) is 6.39. The molecule has 0 fully saturated rings. The first-order valence-corrected chi connectivity index (χ1v) is 6.77. The van der Waals surface area contributed by atoms with Crippen molar-refractivity contribution in [2.45, 2.75) is 19.8 Å². The summed E-state index contributed by atoms with van der Waals surface area (Å²) < 4.78 is 5.11. The molecule has 1 rings (SSSR count). The van der Waals surface area contributed by atoms with Gasteiger partial charge in [-0.25, -0.2) is 0 Å². The summed E-state index contributed by atoms with van der Waals surface area (Å²) >= 11 is 5.87. The molecular weight excluding hydrogens is 280 g/mol. The van der Waals surface area contributed by atoms with E-state index in [2.05, 4.69) is 5.32 Å². The zero-order chi connectivity index (χ0) is 15.1. The van der Waals surface area contributed by atoms with Crippen molar-refractivity contribution < 1.29 is 14.3 Å². The molecular formula is C14H19ClN2O3. The minimum absolute atomic E-state index is 0.377. The van der Waals surface area contributed by atoms with Crippen LogP contribution in [-0.4, -0.2) is 37.4 Å². The molecule has 110 valence electrons. The van der Waals surface area contributed by atoms with Crippen LogP contribution in [0.25, 0.3) is 0 Å². The maximum Gasteiger partial charge on any atom is 0.313 e. The monoisotopic (exact) mass is 298 g/mol. The number of nitrogens with one attached hydrogen (secondary N) is 1. The zero-order valence-electron chi connectivity index (χ0n) is 11.9. The maximum atomic E-state index is 11.9. The second-order valence-corrected chi connectivity index (χ2v) is 4.82. The predicted molar refractivity (Wildman–Crippen MR) is 79.2 cm³/mol. The normalized spacial score (nSPS) is 10.0. The van der Waals surface area contributed by atoms with E-state index in [0.717, 1.165) is 12.8 Å². The molecule has 0 heterocycles. The number of ether oxygens (including phenoxy) is 1. The average Bonchev–Trinajstić information content (AvgIpc) is 2.44. The maximum absolute atomic E-state index is 11.9. The Bertz CT molecular complexity index is 491. The lowest BCUT2D eigenvalue weighted by atomic mass is 10.2. The van der Waals surface area contributed by atoms with Gasteiger partial charge in [-0.3, -0.25) is 9.59 Å². The number of carbonyl (C=O) groups excluding carboxylic acids is 2. The molecule has 0 unspecified atom stereocenters. The van der Waals surface area contributed by atoms with Crippen molar-refractivity contribution in [2.24, 2.45) is 0 Å². The van der Waals surface area contributed by atoms with Crippen molar-refractivity contribution in [2.75, 3.05) is 26.0 Å². The molecule has 1 N–H and O–H groups in total. The number of anilines is 1. The third-order valence-electron chi connectivity index (χ3n) is 2.80. The molecule has 5 nitrogen and oxygen atoms in total. The second-order valence-electron chi connectivity index (χ2n) is 4.38. The Labute approximate surface area is 123 Å². The van der Waals surface area contributed by atoms with Gasteiger partial charge in [0.15, 0.2) is 0 Å². The van der Waals surface area contributed by atoms with Gasteiger partial charge in [-0.15, -0.1) is 0 Å². The van der Waals surface area contributed by atoms with Crippen molar-refractivity contribution >= 4 is 29.1 Å². The molecule has 6 heteroatoms. The summed E-state index contributed by atoms with van der Waals surface area (Å²) in [4.78, 5) is 25.2. The molecule has 20 heavy (non-hydrogen) atoms. The summed E-state index contributed by atoms with van der Waals surface area (Å²) in [6.07, 6.45) is 1.82. The highest BCUT2D eigenvalue weighted by Gasteiger charge is 2.19. The Kier molecular flexibility index (Phi) is 6.31. The van der Waals surface area contributed by atoms with Gasteiger partial charge in [0, 0.05) is 18.6 Å². The Morgan fingerprint density at radius 1 is 1.40 bits per heavy atom. The van der Waals surface area contributed by atoms with E-state index in [-0.39, 0.29) is 0 Å². The quantitative estimate of drug-likeness (QED) is 0.850. The minimum atomic E-state index is -0.704. The smallest absolute Gasteiger partial charge is 0.313 e. The molecule has 0 aromatic heterocycles. The van der Waals surface area contributed by atoms with Crippen LogP contribution in [0.1, 0.15) is 19.8 Å². The molecule has 0 aliphatic heterocycles. The number of likely N-dealkylation sites (N-methyl/N-ethyl adjacent to an activating group) is 1. The summed E-state index contributed by atoms with van der Waals surface area (Å²) in [7, 11) is 3.08. The Morgan fingerprint density at radius 2 is 2.10 bits per heavy atom. The van der Waals surface area contributed by atoms with E-state index in [1.807, 2.05) is 6.92 Å². The van der Waals surface area contributed by atoms with E-state index in [0.29, 0.717) is 23.0 Å². The third kappa shape index (κ3) is 4.42. The zero-order valence-corrected chi connectivity index (χ0v) is 12.7.